The second kappa shape index (κ2) is 8.36. The van der Waals surface area contributed by atoms with Crippen molar-refractivity contribution in [3.05, 3.63) is 46.7 Å². The summed E-state index contributed by atoms with van der Waals surface area (Å²) in [4.78, 5) is 27.2. The number of rotatable bonds is 6. The number of amides is 2. The molecule has 2 amide bonds. The van der Waals surface area contributed by atoms with Crippen LogP contribution in [0.15, 0.2) is 35.5 Å². The molecule has 0 saturated carbocycles. The van der Waals surface area contributed by atoms with Gasteiger partial charge in [0.2, 0.25) is 0 Å². The van der Waals surface area contributed by atoms with Crippen molar-refractivity contribution >= 4 is 12.0 Å². The van der Waals surface area contributed by atoms with Crippen LogP contribution < -0.4 is 10.6 Å². The molecule has 2 N–H and O–H groups in total. The minimum absolute atomic E-state index is 0.281. The molecule has 1 aromatic rings. The van der Waals surface area contributed by atoms with Gasteiger partial charge in [0.15, 0.2) is 0 Å². The van der Waals surface area contributed by atoms with Crippen LogP contribution in [0.3, 0.4) is 0 Å². The van der Waals surface area contributed by atoms with Crippen LogP contribution in [0.1, 0.15) is 43.9 Å². The van der Waals surface area contributed by atoms with Gasteiger partial charge < -0.3 is 15.4 Å². The third-order valence-corrected chi connectivity index (χ3v) is 4.95. The zero-order valence-corrected chi connectivity index (χ0v) is 15.5. The first-order valence-electron chi connectivity index (χ1n) is 9.41. The Morgan fingerprint density at radius 2 is 1.88 bits per heavy atom. The molecule has 26 heavy (non-hydrogen) atoms. The Balaban J connectivity index is 1.97. The molecule has 1 saturated heterocycles. The molecule has 0 bridgehead atoms. The standard InChI is InChI=1S/C20H27N3O3/c1-3-14-7-9-15(10-8-14)18-17(19(24)26-4-2)16(21-20(25)22-18)13-23-11-5-6-12-23/h7-10,18H,3-6,11-13H2,1-2H3,(H2,21,22,25)/t18-/m1/s1. The van der Waals surface area contributed by atoms with Gasteiger partial charge in [0, 0.05) is 12.2 Å². The number of hydrogen-bond acceptors (Lipinski definition) is 4. The number of nitrogens with zero attached hydrogens (tertiary/aromatic N) is 1. The van der Waals surface area contributed by atoms with Crippen molar-refractivity contribution in [3.8, 4) is 0 Å². The van der Waals surface area contributed by atoms with Gasteiger partial charge in [-0.3, -0.25) is 4.90 Å². The molecular formula is C20H27N3O3. The predicted molar refractivity (Wildman–Crippen MR) is 99.6 cm³/mol. The molecule has 1 atom stereocenters. The molecule has 6 nitrogen and oxygen atoms in total. The van der Waals surface area contributed by atoms with Gasteiger partial charge in [-0.25, -0.2) is 9.59 Å². The summed E-state index contributed by atoms with van der Waals surface area (Å²) >= 11 is 0. The van der Waals surface area contributed by atoms with Crippen LogP contribution in [-0.2, 0) is 16.0 Å². The van der Waals surface area contributed by atoms with Crippen molar-refractivity contribution in [2.75, 3.05) is 26.2 Å². The normalized spacial score (nSPS) is 20.7. The number of aryl methyl sites for hydroxylation is 1. The molecular weight excluding hydrogens is 330 g/mol. The van der Waals surface area contributed by atoms with E-state index in [2.05, 4.69) is 22.5 Å². The Bertz CT molecular complexity index is 691. The number of carbonyl (C=O) groups is 2. The minimum atomic E-state index is -0.494. The van der Waals surface area contributed by atoms with Crippen LogP contribution in [0.5, 0.6) is 0 Å². The molecule has 6 heteroatoms. The summed E-state index contributed by atoms with van der Waals surface area (Å²) in [5.74, 6) is -0.376. The lowest BCUT2D eigenvalue weighted by Gasteiger charge is -2.31. The number of esters is 1. The first-order chi connectivity index (χ1) is 12.6. The van der Waals surface area contributed by atoms with Gasteiger partial charge in [0.25, 0.3) is 0 Å². The van der Waals surface area contributed by atoms with E-state index in [0.717, 1.165) is 37.9 Å². The van der Waals surface area contributed by atoms with Crippen LogP contribution in [0, 0.1) is 0 Å². The fraction of sp³-hybridized carbons (Fsp3) is 0.500. The lowest BCUT2D eigenvalue weighted by atomic mass is 9.94. The lowest BCUT2D eigenvalue weighted by molar-refractivity contribution is -0.139. The van der Waals surface area contributed by atoms with Gasteiger partial charge in [-0.1, -0.05) is 31.2 Å². The number of benzene rings is 1. The predicted octanol–water partition coefficient (Wildman–Crippen LogP) is 2.52. The van der Waals surface area contributed by atoms with Gasteiger partial charge in [0.1, 0.15) is 0 Å². The molecule has 2 aliphatic heterocycles. The van der Waals surface area contributed by atoms with Crippen molar-refractivity contribution < 1.29 is 14.3 Å². The highest BCUT2D eigenvalue weighted by Gasteiger charge is 2.34. The molecule has 0 aliphatic carbocycles. The Kier molecular flexibility index (Phi) is 5.93. The van der Waals surface area contributed by atoms with E-state index in [0.29, 0.717) is 24.4 Å². The summed E-state index contributed by atoms with van der Waals surface area (Å²) in [6.07, 6.45) is 3.24. The number of hydrogen-bond donors (Lipinski definition) is 2. The second-order valence-electron chi connectivity index (χ2n) is 6.72. The van der Waals surface area contributed by atoms with Gasteiger partial charge in [-0.2, -0.15) is 0 Å². The third-order valence-electron chi connectivity index (χ3n) is 4.95. The minimum Gasteiger partial charge on any atom is -0.463 e. The summed E-state index contributed by atoms with van der Waals surface area (Å²) in [6, 6.07) is 7.24. The van der Waals surface area contributed by atoms with E-state index in [1.807, 2.05) is 24.3 Å². The topological polar surface area (TPSA) is 70.7 Å². The van der Waals surface area contributed by atoms with E-state index in [1.54, 1.807) is 6.92 Å². The first kappa shape index (κ1) is 18.5. The number of likely N-dealkylation sites (tertiary alicyclic amines) is 1. The smallest absolute Gasteiger partial charge is 0.338 e. The van der Waals surface area contributed by atoms with Crippen molar-refractivity contribution in [2.45, 2.75) is 39.2 Å². The monoisotopic (exact) mass is 357 g/mol. The Labute approximate surface area is 154 Å². The molecule has 0 radical (unpaired) electrons. The SMILES string of the molecule is CCOC(=O)C1=C(CN2CCCC2)NC(=O)N[C@@H]1c1ccc(CC)cc1. The number of carbonyl (C=O) groups excluding carboxylic acids is 2. The van der Waals surface area contributed by atoms with Crippen molar-refractivity contribution in [2.24, 2.45) is 0 Å². The van der Waals surface area contributed by atoms with E-state index in [9.17, 15) is 9.59 Å². The Morgan fingerprint density at radius 3 is 2.50 bits per heavy atom. The summed E-state index contributed by atoms with van der Waals surface area (Å²) in [7, 11) is 0. The molecule has 0 unspecified atom stereocenters. The van der Waals surface area contributed by atoms with E-state index >= 15 is 0 Å². The maximum atomic E-state index is 12.7. The summed E-state index contributed by atoms with van der Waals surface area (Å²) < 4.78 is 5.30. The van der Waals surface area contributed by atoms with E-state index in [-0.39, 0.29) is 12.0 Å². The van der Waals surface area contributed by atoms with Crippen molar-refractivity contribution in [1.29, 1.82) is 0 Å². The van der Waals surface area contributed by atoms with Crippen molar-refractivity contribution in [3.63, 3.8) is 0 Å². The van der Waals surface area contributed by atoms with Crippen LogP contribution in [0.25, 0.3) is 0 Å². The molecule has 3 rings (SSSR count). The summed E-state index contributed by atoms with van der Waals surface area (Å²) in [6.45, 7) is 6.72. The number of urea groups is 1. The molecule has 2 heterocycles. The Morgan fingerprint density at radius 1 is 1.19 bits per heavy atom. The average Bonchev–Trinajstić information content (AvgIpc) is 3.14. The van der Waals surface area contributed by atoms with Crippen molar-refractivity contribution in [1.82, 2.24) is 15.5 Å². The lowest BCUT2D eigenvalue weighted by Crippen LogP contribution is -2.48. The van der Waals surface area contributed by atoms with Gasteiger partial charge >= 0.3 is 12.0 Å². The maximum Gasteiger partial charge on any atom is 0.338 e. The van der Waals surface area contributed by atoms with Crippen LogP contribution in [0.2, 0.25) is 0 Å². The van der Waals surface area contributed by atoms with E-state index < -0.39 is 6.04 Å². The number of nitrogens with one attached hydrogen (secondary N) is 2. The highest BCUT2D eigenvalue weighted by atomic mass is 16.5. The largest absolute Gasteiger partial charge is 0.463 e. The van der Waals surface area contributed by atoms with E-state index in [1.165, 1.54) is 5.56 Å². The first-order valence-corrected chi connectivity index (χ1v) is 9.41. The second-order valence-corrected chi connectivity index (χ2v) is 6.72. The number of ether oxygens (including phenoxy) is 1. The van der Waals surface area contributed by atoms with Gasteiger partial charge in [-0.05, 0) is 50.4 Å². The Hall–Kier alpha value is -2.34. The molecule has 1 fully saturated rings. The average molecular weight is 357 g/mol. The quantitative estimate of drug-likeness (QED) is 0.768. The van der Waals surface area contributed by atoms with Gasteiger partial charge in [-0.15, -0.1) is 0 Å². The highest BCUT2D eigenvalue weighted by Crippen LogP contribution is 2.29. The zero-order valence-electron chi connectivity index (χ0n) is 15.5. The molecule has 1 aromatic carbocycles. The summed E-state index contributed by atoms with van der Waals surface area (Å²) in [5.41, 5.74) is 3.26. The van der Waals surface area contributed by atoms with Crippen LogP contribution >= 0.6 is 0 Å². The molecule has 2 aliphatic rings. The molecule has 0 aromatic heterocycles. The van der Waals surface area contributed by atoms with Crippen LogP contribution in [0.4, 0.5) is 4.79 Å². The fourth-order valence-corrected chi connectivity index (χ4v) is 3.55. The highest BCUT2D eigenvalue weighted by molar-refractivity contribution is 5.95. The molecule has 140 valence electrons. The fourth-order valence-electron chi connectivity index (χ4n) is 3.55. The molecule has 0 spiro atoms. The van der Waals surface area contributed by atoms with Gasteiger partial charge in [0.05, 0.1) is 18.2 Å². The maximum absolute atomic E-state index is 12.7. The third kappa shape index (κ3) is 4.07. The zero-order chi connectivity index (χ0) is 18.5. The van der Waals surface area contributed by atoms with E-state index in [4.69, 9.17) is 4.74 Å². The van der Waals surface area contributed by atoms with Crippen LogP contribution in [-0.4, -0.2) is 43.1 Å². The summed E-state index contributed by atoms with van der Waals surface area (Å²) in [5, 5.41) is 5.73.